The minimum Gasteiger partial charge on any atom is -0.365 e. The smallest absolute Gasteiger partial charge is 0.250 e. The highest BCUT2D eigenvalue weighted by atomic mass is 32.1. The second-order valence-electron chi connectivity index (χ2n) is 5.76. The number of benzene rings is 1. The molecule has 1 fully saturated rings. The highest BCUT2D eigenvalue weighted by Gasteiger charge is 2.27. The van der Waals surface area contributed by atoms with E-state index in [4.69, 9.17) is 9.72 Å². The molecule has 2 aromatic rings. The number of fused-ring (bicyclic) bond motifs is 1. The highest BCUT2D eigenvalue weighted by Crippen LogP contribution is 2.34. The lowest BCUT2D eigenvalue weighted by atomic mass is 10.0. The predicted octanol–water partition coefficient (Wildman–Crippen LogP) is 2.37. The molecule has 22 heavy (non-hydrogen) atoms. The number of anilines is 1. The Morgan fingerprint density at radius 1 is 1.50 bits per heavy atom. The molecule has 1 aliphatic rings. The molecule has 118 valence electrons. The van der Waals surface area contributed by atoms with Crippen LogP contribution in [-0.4, -0.2) is 43.7 Å². The number of morpholine rings is 1. The molecule has 2 heterocycles. The van der Waals surface area contributed by atoms with Gasteiger partial charge >= 0.3 is 0 Å². The third-order valence-electron chi connectivity index (χ3n) is 3.94. The van der Waals surface area contributed by atoms with E-state index in [0.717, 1.165) is 17.2 Å². The molecule has 1 saturated heterocycles. The Morgan fingerprint density at radius 3 is 3.05 bits per heavy atom. The summed E-state index contributed by atoms with van der Waals surface area (Å²) in [4.78, 5) is 18.8. The van der Waals surface area contributed by atoms with Crippen molar-refractivity contribution in [3.8, 4) is 0 Å². The molecule has 0 aliphatic carbocycles. The molecule has 1 amide bonds. The number of hydrogen-bond acceptors (Lipinski definition) is 5. The summed E-state index contributed by atoms with van der Waals surface area (Å²) in [6.07, 6.45) is -0.421. The standard InChI is InChI=1S/C16H21N3O2S/c1-10(2)11-5-4-6-13-14(11)18-16(22-13)19-7-8-21-12(9-19)15(20)17-3/h4-6,10,12H,7-9H2,1-3H3,(H,17,20). The minimum absolute atomic E-state index is 0.0753. The molecule has 0 saturated carbocycles. The molecule has 1 aromatic heterocycles. The van der Waals surface area contributed by atoms with Gasteiger partial charge in [-0.05, 0) is 17.5 Å². The number of hydrogen-bond donors (Lipinski definition) is 1. The van der Waals surface area contributed by atoms with Crippen molar-refractivity contribution >= 4 is 32.6 Å². The Bertz CT molecular complexity index is 683. The van der Waals surface area contributed by atoms with Gasteiger partial charge in [-0.15, -0.1) is 0 Å². The fraction of sp³-hybridized carbons (Fsp3) is 0.500. The molecular formula is C16H21N3O2S. The van der Waals surface area contributed by atoms with E-state index >= 15 is 0 Å². The Morgan fingerprint density at radius 2 is 2.32 bits per heavy atom. The van der Waals surface area contributed by atoms with E-state index in [1.165, 1.54) is 10.3 Å². The van der Waals surface area contributed by atoms with E-state index in [9.17, 15) is 4.79 Å². The molecule has 3 rings (SSSR count). The zero-order chi connectivity index (χ0) is 15.7. The van der Waals surface area contributed by atoms with Gasteiger partial charge in [0.15, 0.2) is 11.2 Å². The lowest BCUT2D eigenvalue weighted by Crippen LogP contribution is -2.49. The van der Waals surface area contributed by atoms with Gasteiger partial charge in [0, 0.05) is 13.6 Å². The summed E-state index contributed by atoms with van der Waals surface area (Å²) < 4.78 is 6.74. The van der Waals surface area contributed by atoms with Crippen LogP contribution in [0.2, 0.25) is 0 Å². The average Bonchev–Trinajstić information content (AvgIpc) is 2.98. The Hall–Kier alpha value is -1.66. The van der Waals surface area contributed by atoms with Gasteiger partial charge in [0.2, 0.25) is 0 Å². The number of amides is 1. The number of carbonyl (C=O) groups is 1. The number of ether oxygens (including phenoxy) is 1. The van der Waals surface area contributed by atoms with Gasteiger partial charge in [-0.25, -0.2) is 4.98 Å². The molecule has 5 nitrogen and oxygen atoms in total. The van der Waals surface area contributed by atoms with Gasteiger partial charge in [-0.2, -0.15) is 0 Å². The number of likely N-dealkylation sites (N-methyl/N-ethyl adjacent to an activating group) is 1. The molecule has 1 N–H and O–H groups in total. The van der Waals surface area contributed by atoms with Gasteiger partial charge in [0.1, 0.15) is 0 Å². The average molecular weight is 319 g/mol. The van der Waals surface area contributed by atoms with Gasteiger partial charge in [-0.1, -0.05) is 37.3 Å². The summed E-state index contributed by atoms with van der Waals surface area (Å²) in [6, 6.07) is 6.34. The first kappa shape index (κ1) is 15.2. The number of nitrogens with one attached hydrogen (secondary N) is 1. The highest BCUT2D eigenvalue weighted by molar-refractivity contribution is 7.22. The third-order valence-corrected chi connectivity index (χ3v) is 5.02. The largest absolute Gasteiger partial charge is 0.365 e. The van der Waals surface area contributed by atoms with E-state index in [0.29, 0.717) is 19.1 Å². The van der Waals surface area contributed by atoms with Crippen molar-refractivity contribution in [1.82, 2.24) is 10.3 Å². The van der Waals surface area contributed by atoms with E-state index in [-0.39, 0.29) is 5.91 Å². The Labute approximate surface area is 134 Å². The monoisotopic (exact) mass is 319 g/mol. The zero-order valence-electron chi connectivity index (χ0n) is 13.1. The van der Waals surface area contributed by atoms with E-state index in [1.54, 1.807) is 18.4 Å². The Balaban J connectivity index is 1.90. The molecule has 1 atom stereocenters. The first-order valence-corrected chi connectivity index (χ1v) is 8.39. The maximum Gasteiger partial charge on any atom is 0.250 e. The molecule has 1 aromatic carbocycles. The van der Waals surface area contributed by atoms with Crippen LogP contribution in [0, 0.1) is 0 Å². The van der Waals surface area contributed by atoms with Gasteiger partial charge in [0.05, 0.1) is 23.4 Å². The normalized spacial score (nSPS) is 18.9. The first-order valence-electron chi connectivity index (χ1n) is 7.57. The van der Waals surface area contributed by atoms with Crippen molar-refractivity contribution in [3.05, 3.63) is 23.8 Å². The zero-order valence-corrected chi connectivity index (χ0v) is 13.9. The molecule has 0 radical (unpaired) electrons. The lowest BCUT2D eigenvalue weighted by Gasteiger charge is -2.31. The SMILES string of the molecule is CNC(=O)C1CN(c2nc3c(C(C)C)cccc3s2)CCO1. The summed E-state index contributed by atoms with van der Waals surface area (Å²) in [6.45, 7) is 6.24. The van der Waals surface area contributed by atoms with Crippen molar-refractivity contribution in [2.45, 2.75) is 25.9 Å². The molecule has 6 heteroatoms. The first-order chi connectivity index (χ1) is 10.6. The van der Waals surface area contributed by atoms with Crippen molar-refractivity contribution in [1.29, 1.82) is 0 Å². The quantitative estimate of drug-likeness (QED) is 0.944. The van der Waals surface area contributed by atoms with Crippen LogP contribution in [0.1, 0.15) is 25.3 Å². The topological polar surface area (TPSA) is 54.5 Å². The maximum absolute atomic E-state index is 11.8. The van der Waals surface area contributed by atoms with Crippen LogP contribution in [0.15, 0.2) is 18.2 Å². The predicted molar refractivity (Wildman–Crippen MR) is 89.7 cm³/mol. The second-order valence-corrected chi connectivity index (χ2v) is 6.77. The van der Waals surface area contributed by atoms with Crippen LogP contribution >= 0.6 is 11.3 Å². The van der Waals surface area contributed by atoms with Gasteiger partial charge in [-0.3, -0.25) is 4.79 Å². The molecule has 1 aliphatic heterocycles. The molecule has 0 spiro atoms. The van der Waals surface area contributed by atoms with Crippen molar-refractivity contribution < 1.29 is 9.53 Å². The number of nitrogens with zero attached hydrogens (tertiary/aromatic N) is 2. The van der Waals surface area contributed by atoms with Crippen LogP contribution < -0.4 is 10.2 Å². The van der Waals surface area contributed by atoms with Crippen LogP contribution in [0.25, 0.3) is 10.2 Å². The number of aromatic nitrogens is 1. The fourth-order valence-corrected chi connectivity index (χ4v) is 3.74. The van der Waals surface area contributed by atoms with Crippen LogP contribution in [0.3, 0.4) is 0 Å². The third kappa shape index (κ3) is 2.80. The summed E-state index contributed by atoms with van der Waals surface area (Å²) in [5.41, 5.74) is 2.36. The van der Waals surface area contributed by atoms with Gasteiger partial charge < -0.3 is 15.0 Å². The number of carbonyl (C=O) groups excluding carboxylic acids is 1. The summed E-state index contributed by atoms with van der Waals surface area (Å²) in [7, 11) is 1.64. The van der Waals surface area contributed by atoms with Crippen molar-refractivity contribution in [2.24, 2.45) is 0 Å². The number of thiazole rings is 1. The molecule has 1 unspecified atom stereocenters. The van der Waals surface area contributed by atoms with Gasteiger partial charge in [0.25, 0.3) is 5.91 Å². The van der Waals surface area contributed by atoms with Crippen LogP contribution in [-0.2, 0) is 9.53 Å². The molecular weight excluding hydrogens is 298 g/mol. The van der Waals surface area contributed by atoms with Crippen molar-refractivity contribution in [2.75, 3.05) is 31.6 Å². The lowest BCUT2D eigenvalue weighted by molar-refractivity contribution is -0.132. The van der Waals surface area contributed by atoms with E-state index < -0.39 is 6.10 Å². The Kier molecular flexibility index (Phi) is 4.31. The second kappa shape index (κ2) is 6.22. The summed E-state index contributed by atoms with van der Waals surface area (Å²) in [5, 5.41) is 3.62. The summed E-state index contributed by atoms with van der Waals surface area (Å²) in [5.74, 6) is 0.371. The van der Waals surface area contributed by atoms with E-state index in [2.05, 4.69) is 42.3 Å². The summed E-state index contributed by atoms with van der Waals surface area (Å²) >= 11 is 1.68. The minimum atomic E-state index is -0.421. The molecule has 0 bridgehead atoms. The maximum atomic E-state index is 11.8. The van der Waals surface area contributed by atoms with Crippen LogP contribution in [0.5, 0.6) is 0 Å². The van der Waals surface area contributed by atoms with E-state index in [1.807, 2.05) is 0 Å². The fourth-order valence-electron chi connectivity index (χ4n) is 2.70. The number of rotatable bonds is 3. The van der Waals surface area contributed by atoms with Crippen molar-refractivity contribution in [3.63, 3.8) is 0 Å². The number of para-hydroxylation sites is 1. The van der Waals surface area contributed by atoms with Crippen LogP contribution in [0.4, 0.5) is 5.13 Å².